The molecule has 0 aliphatic heterocycles. The summed E-state index contributed by atoms with van der Waals surface area (Å²) in [6, 6.07) is 0. The average Bonchev–Trinajstić information content (AvgIpc) is 1.83. The standard InChI is InChI=1S/C5H15N2O3PS/c1-3-5(7)10-11(8,12)9-4(2)6/h4-5H,3,6-7H2,1-2H3,(H,8,12). The molecular weight excluding hydrogens is 199 g/mol. The monoisotopic (exact) mass is 214 g/mol. The third-order valence-corrected chi connectivity index (χ3v) is 2.62. The Kier molecular flexibility index (Phi) is 5.43. The summed E-state index contributed by atoms with van der Waals surface area (Å²) < 4.78 is 9.62. The van der Waals surface area contributed by atoms with Gasteiger partial charge in [-0.25, -0.2) is 0 Å². The molecule has 0 fully saturated rings. The lowest BCUT2D eigenvalue weighted by Gasteiger charge is -2.20. The van der Waals surface area contributed by atoms with Gasteiger partial charge in [0.1, 0.15) is 12.5 Å². The van der Waals surface area contributed by atoms with Crippen LogP contribution < -0.4 is 11.5 Å². The van der Waals surface area contributed by atoms with Gasteiger partial charge in [0.05, 0.1) is 0 Å². The van der Waals surface area contributed by atoms with Crippen molar-refractivity contribution in [1.29, 1.82) is 0 Å². The normalized spacial score (nSPS) is 21.4. The molecule has 5 nitrogen and oxygen atoms in total. The molecule has 5 N–H and O–H groups in total. The minimum Gasteiger partial charge on any atom is -0.324 e. The van der Waals surface area contributed by atoms with E-state index >= 15 is 0 Å². The Morgan fingerprint density at radius 3 is 2.33 bits per heavy atom. The van der Waals surface area contributed by atoms with Gasteiger partial charge in [0.2, 0.25) is 0 Å². The highest BCUT2D eigenvalue weighted by atomic mass is 32.5. The van der Waals surface area contributed by atoms with Crippen molar-refractivity contribution >= 4 is 18.5 Å². The third-order valence-electron chi connectivity index (χ3n) is 0.970. The van der Waals surface area contributed by atoms with E-state index in [9.17, 15) is 4.89 Å². The van der Waals surface area contributed by atoms with E-state index in [1.54, 1.807) is 6.92 Å². The molecule has 0 aromatic heterocycles. The van der Waals surface area contributed by atoms with Crippen LogP contribution in [-0.2, 0) is 20.9 Å². The first-order valence-corrected chi connectivity index (χ1v) is 6.17. The molecular formula is C5H15N2O3PS. The van der Waals surface area contributed by atoms with Crippen molar-refractivity contribution in [2.45, 2.75) is 32.7 Å². The fourth-order valence-electron chi connectivity index (χ4n) is 0.481. The molecule has 0 aliphatic carbocycles. The van der Waals surface area contributed by atoms with E-state index in [1.165, 1.54) is 0 Å². The zero-order valence-corrected chi connectivity index (χ0v) is 8.85. The minimum atomic E-state index is -3.24. The van der Waals surface area contributed by atoms with Crippen molar-refractivity contribution in [2.24, 2.45) is 11.5 Å². The molecule has 0 bridgehead atoms. The van der Waals surface area contributed by atoms with Gasteiger partial charge in [-0.3, -0.25) is 9.05 Å². The molecule has 0 spiro atoms. The van der Waals surface area contributed by atoms with E-state index in [4.69, 9.17) is 20.5 Å². The molecule has 3 unspecified atom stereocenters. The second-order valence-electron chi connectivity index (χ2n) is 2.33. The first-order chi connectivity index (χ1) is 5.37. The Morgan fingerprint density at radius 2 is 2.00 bits per heavy atom. The number of rotatable bonds is 5. The average molecular weight is 214 g/mol. The molecule has 7 heteroatoms. The zero-order chi connectivity index (χ0) is 9.78. The van der Waals surface area contributed by atoms with Gasteiger partial charge in [-0.05, 0) is 25.2 Å². The number of hydrogen-bond acceptors (Lipinski definition) is 5. The molecule has 0 saturated carbocycles. The maximum absolute atomic E-state index is 9.31. The van der Waals surface area contributed by atoms with Crippen LogP contribution in [-0.4, -0.2) is 17.3 Å². The largest absolute Gasteiger partial charge is 0.327 e. The SMILES string of the molecule is CCC(N)OP(O)(=S)OC(C)N. The molecule has 0 aromatic carbocycles. The van der Waals surface area contributed by atoms with Gasteiger partial charge >= 0.3 is 6.72 Å². The summed E-state index contributed by atoms with van der Waals surface area (Å²) in [5.74, 6) is 0. The lowest BCUT2D eigenvalue weighted by molar-refractivity contribution is 0.117. The Hall–Kier alpha value is 0.450. The van der Waals surface area contributed by atoms with E-state index < -0.39 is 19.2 Å². The smallest absolute Gasteiger partial charge is 0.324 e. The van der Waals surface area contributed by atoms with E-state index in [0.29, 0.717) is 6.42 Å². The molecule has 3 atom stereocenters. The summed E-state index contributed by atoms with van der Waals surface area (Å²) in [4.78, 5) is 9.31. The highest BCUT2D eigenvalue weighted by Gasteiger charge is 2.20. The van der Waals surface area contributed by atoms with Crippen LogP contribution in [0, 0.1) is 0 Å². The maximum Gasteiger partial charge on any atom is 0.327 e. The Labute approximate surface area is 77.3 Å². The molecule has 0 saturated heterocycles. The van der Waals surface area contributed by atoms with E-state index in [0.717, 1.165) is 0 Å². The lowest BCUT2D eigenvalue weighted by atomic mass is 10.5. The fourth-order valence-corrected chi connectivity index (χ4v) is 2.18. The Bertz CT molecular complexity index is 178. The van der Waals surface area contributed by atoms with Gasteiger partial charge in [0.25, 0.3) is 0 Å². The van der Waals surface area contributed by atoms with Crippen LogP contribution in [0.2, 0.25) is 0 Å². The van der Waals surface area contributed by atoms with Crippen LogP contribution in [0.5, 0.6) is 0 Å². The molecule has 0 heterocycles. The summed E-state index contributed by atoms with van der Waals surface area (Å²) in [5.41, 5.74) is 10.6. The second-order valence-corrected chi connectivity index (χ2v) is 5.07. The number of hydrogen-bond donors (Lipinski definition) is 3. The van der Waals surface area contributed by atoms with Crippen LogP contribution >= 0.6 is 6.72 Å². The number of nitrogens with two attached hydrogens (primary N) is 2. The predicted octanol–water partition coefficient (Wildman–Crippen LogP) is 0.236. The maximum atomic E-state index is 9.31. The van der Waals surface area contributed by atoms with Crippen molar-refractivity contribution in [3.05, 3.63) is 0 Å². The van der Waals surface area contributed by atoms with Gasteiger partial charge in [0, 0.05) is 0 Å². The van der Waals surface area contributed by atoms with Crippen LogP contribution in [0.4, 0.5) is 0 Å². The molecule has 0 amide bonds. The predicted molar refractivity (Wildman–Crippen MR) is 50.6 cm³/mol. The van der Waals surface area contributed by atoms with E-state index in [2.05, 4.69) is 11.8 Å². The van der Waals surface area contributed by atoms with Crippen LogP contribution in [0.15, 0.2) is 0 Å². The molecule has 74 valence electrons. The van der Waals surface area contributed by atoms with Gasteiger partial charge in [0.15, 0.2) is 0 Å². The Morgan fingerprint density at radius 1 is 1.50 bits per heavy atom. The summed E-state index contributed by atoms with van der Waals surface area (Å²) in [7, 11) is 0. The minimum absolute atomic E-state index is 0.557. The van der Waals surface area contributed by atoms with Crippen LogP contribution in [0.1, 0.15) is 20.3 Å². The molecule has 0 radical (unpaired) electrons. The molecule has 12 heavy (non-hydrogen) atoms. The van der Waals surface area contributed by atoms with Gasteiger partial charge in [-0.15, -0.1) is 0 Å². The summed E-state index contributed by atoms with van der Waals surface area (Å²) >= 11 is 4.62. The molecule has 0 aliphatic rings. The lowest BCUT2D eigenvalue weighted by Crippen LogP contribution is -2.24. The van der Waals surface area contributed by atoms with Crippen molar-refractivity contribution < 1.29 is 13.9 Å². The quantitative estimate of drug-likeness (QED) is 0.448. The van der Waals surface area contributed by atoms with Gasteiger partial charge in [-0.2, -0.15) is 0 Å². The van der Waals surface area contributed by atoms with Crippen molar-refractivity contribution in [3.8, 4) is 0 Å². The van der Waals surface area contributed by atoms with Gasteiger partial charge < -0.3 is 16.4 Å². The molecule has 0 aromatic rings. The highest BCUT2D eigenvalue weighted by Crippen LogP contribution is 2.45. The van der Waals surface area contributed by atoms with Crippen molar-refractivity contribution in [1.82, 2.24) is 0 Å². The third kappa shape index (κ3) is 6.02. The van der Waals surface area contributed by atoms with Crippen molar-refractivity contribution in [3.63, 3.8) is 0 Å². The zero-order valence-electron chi connectivity index (χ0n) is 7.14. The topological polar surface area (TPSA) is 90.7 Å². The fraction of sp³-hybridized carbons (Fsp3) is 1.00. The Balaban J connectivity index is 3.95. The highest BCUT2D eigenvalue weighted by molar-refractivity contribution is 8.07. The second kappa shape index (κ2) is 5.24. The van der Waals surface area contributed by atoms with Gasteiger partial charge in [-0.1, -0.05) is 6.92 Å². The van der Waals surface area contributed by atoms with Crippen LogP contribution in [0.25, 0.3) is 0 Å². The summed E-state index contributed by atoms with van der Waals surface area (Å²) in [6.07, 6.45) is -0.689. The first-order valence-electron chi connectivity index (χ1n) is 3.58. The van der Waals surface area contributed by atoms with E-state index in [1.807, 2.05) is 6.92 Å². The first kappa shape index (κ1) is 12.4. The van der Waals surface area contributed by atoms with E-state index in [-0.39, 0.29) is 0 Å². The van der Waals surface area contributed by atoms with Crippen LogP contribution in [0.3, 0.4) is 0 Å². The summed E-state index contributed by atoms with van der Waals surface area (Å²) in [5, 5.41) is 0. The molecule has 0 rings (SSSR count). The van der Waals surface area contributed by atoms with Crippen molar-refractivity contribution in [2.75, 3.05) is 0 Å². The summed E-state index contributed by atoms with van der Waals surface area (Å²) in [6.45, 7) is 0.127.